The van der Waals surface area contributed by atoms with Crippen molar-refractivity contribution >= 4 is 11.7 Å². The van der Waals surface area contributed by atoms with E-state index in [0.29, 0.717) is 13.1 Å². The molecule has 4 N–H and O–H groups in total. The molecule has 0 saturated heterocycles. The van der Waals surface area contributed by atoms with E-state index < -0.39 is 0 Å². The van der Waals surface area contributed by atoms with Crippen LogP contribution in [0.15, 0.2) is 54.6 Å². The van der Waals surface area contributed by atoms with E-state index in [1.807, 2.05) is 42.5 Å². The van der Waals surface area contributed by atoms with Crippen molar-refractivity contribution in [2.24, 2.45) is 5.73 Å². The first-order valence-electron chi connectivity index (χ1n) is 7.16. The Morgan fingerprint density at radius 3 is 2.52 bits per heavy atom. The Bertz CT molecular complexity index is 569. The number of rotatable bonds is 6. The molecule has 2 aromatic carbocycles. The number of hydrogen-bond donors (Lipinski definition) is 3. The molecule has 0 fully saturated rings. The Hall–Kier alpha value is -2.33. The van der Waals surface area contributed by atoms with Gasteiger partial charge in [0.05, 0.1) is 0 Å². The van der Waals surface area contributed by atoms with E-state index in [9.17, 15) is 4.79 Å². The van der Waals surface area contributed by atoms with Crippen molar-refractivity contribution in [2.75, 3.05) is 11.9 Å². The number of carbonyl (C=O) groups is 1. The van der Waals surface area contributed by atoms with Crippen LogP contribution < -0.4 is 16.4 Å². The fourth-order valence-electron chi connectivity index (χ4n) is 2.09. The first-order valence-corrected chi connectivity index (χ1v) is 7.16. The summed E-state index contributed by atoms with van der Waals surface area (Å²) in [6, 6.07) is 17.6. The minimum Gasteiger partial charge on any atom is -0.338 e. The van der Waals surface area contributed by atoms with Crippen LogP contribution in [0.1, 0.15) is 17.5 Å². The lowest BCUT2D eigenvalue weighted by Gasteiger charge is -2.08. The van der Waals surface area contributed by atoms with Gasteiger partial charge in [-0.05, 0) is 36.1 Å². The number of nitrogens with two attached hydrogens (primary N) is 1. The van der Waals surface area contributed by atoms with Gasteiger partial charge in [-0.15, -0.1) is 0 Å². The minimum absolute atomic E-state index is 0.183. The molecule has 110 valence electrons. The average molecular weight is 283 g/mol. The van der Waals surface area contributed by atoms with Gasteiger partial charge in [0.25, 0.3) is 0 Å². The van der Waals surface area contributed by atoms with Crippen LogP contribution in [0.5, 0.6) is 0 Å². The molecule has 0 aliphatic rings. The summed E-state index contributed by atoms with van der Waals surface area (Å²) >= 11 is 0. The summed E-state index contributed by atoms with van der Waals surface area (Å²) in [5.41, 5.74) is 8.62. The Kier molecular flexibility index (Phi) is 5.79. The largest absolute Gasteiger partial charge is 0.338 e. The minimum atomic E-state index is -0.183. The molecule has 2 rings (SSSR count). The van der Waals surface area contributed by atoms with E-state index in [1.54, 1.807) is 0 Å². The molecule has 0 saturated carbocycles. The fraction of sp³-hybridized carbons (Fsp3) is 0.235. The molecular formula is C17H21N3O. The van der Waals surface area contributed by atoms with Crippen molar-refractivity contribution in [2.45, 2.75) is 19.4 Å². The van der Waals surface area contributed by atoms with Crippen molar-refractivity contribution in [3.8, 4) is 0 Å². The molecule has 0 atom stereocenters. The molecule has 0 unspecified atom stereocenters. The predicted molar refractivity (Wildman–Crippen MR) is 86.1 cm³/mol. The van der Waals surface area contributed by atoms with E-state index in [-0.39, 0.29) is 6.03 Å². The predicted octanol–water partition coefficient (Wildman–Crippen LogP) is 2.90. The van der Waals surface area contributed by atoms with Gasteiger partial charge < -0.3 is 16.4 Å². The lowest BCUT2D eigenvalue weighted by atomic mass is 10.1. The maximum Gasteiger partial charge on any atom is 0.319 e. The highest BCUT2D eigenvalue weighted by molar-refractivity contribution is 5.89. The number of nitrogens with one attached hydrogen (secondary N) is 2. The standard InChI is InChI=1S/C17H21N3O/c18-13-15-8-4-10-16(12-15)20-17(21)19-11-5-9-14-6-2-1-3-7-14/h1-4,6-8,10,12H,5,9,11,13,18H2,(H2,19,20,21). The molecule has 2 amide bonds. The number of benzene rings is 2. The van der Waals surface area contributed by atoms with E-state index >= 15 is 0 Å². The van der Waals surface area contributed by atoms with Crippen molar-refractivity contribution < 1.29 is 4.79 Å². The quantitative estimate of drug-likeness (QED) is 0.714. The Labute approximate surface area is 125 Å². The maximum atomic E-state index is 11.8. The van der Waals surface area contributed by atoms with Crippen molar-refractivity contribution in [3.05, 3.63) is 65.7 Å². The van der Waals surface area contributed by atoms with Crippen LogP contribution in [0, 0.1) is 0 Å². The molecule has 2 aromatic rings. The van der Waals surface area contributed by atoms with Gasteiger partial charge in [0, 0.05) is 18.8 Å². The Morgan fingerprint density at radius 1 is 1.00 bits per heavy atom. The van der Waals surface area contributed by atoms with Crippen LogP contribution in [0.25, 0.3) is 0 Å². The summed E-state index contributed by atoms with van der Waals surface area (Å²) in [5, 5.41) is 5.67. The zero-order valence-corrected chi connectivity index (χ0v) is 12.0. The second kappa shape index (κ2) is 8.07. The maximum absolute atomic E-state index is 11.8. The normalized spacial score (nSPS) is 10.1. The van der Waals surface area contributed by atoms with Gasteiger partial charge in [0.1, 0.15) is 0 Å². The SMILES string of the molecule is NCc1cccc(NC(=O)NCCCc2ccccc2)c1. The number of anilines is 1. The summed E-state index contributed by atoms with van der Waals surface area (Å²) in [6.07, 6.45) is 1.88. The number of carbonyl (C=O) groups excluding carboxylic acids is 1. The second-order valence-corrected chi connectivity index (χ2v) is 4.87. The zero-order chi connectivity index (χ0) is 14.9. The van der Waals surface area contributed by atoms with E-state index in [2.05, 4.69) is 22.8 Å². The molecular weight excluding hydrogens is 262 g/mol. The third-order valence-corrected chi connectivity index (χ3v) is 3.19. The topological polar surface area (TPSA) is 67.1 Å². The van der Waals surface area contributed by atoms with Crippen LogP contribution >= 0.6 is 0 Å². The molecule has 4 nitrogen and oxygen atoms in total. The van der Waals surface area contributed by atoms with Crippen LogP contribution in [0.2, 0.25) is 0 Å². The smallest absolute Gasteiger partial charge is 0.319 e. The summed E-state index contributed by atoms with van der Waals surface area (Å²) in [7, 11) is 0. The molecule has 0 aliphatic carbocycles. The van der Waals surface area contributed by atoms with Gasteiger partial charge in [-0.2, -0.15) is 0 Å². The molecule has 0 spiro atoms. The summed E-state index contributed by atoms with van der Waals surface area (Å²) in [5.74, 6) is 0. The van der Waals surface area contributed by atoms with Gasteiger partial charge in [-0.25, -0.2) is 4.79 Å². The molecule has 21 heavy (non-hydrogen) atoms. The van der Waals surface area contributed by atoms with Crippen molar-refractivity contribution in [1.29, 1.82) is 0 Å². The molecule has 0 aliphatic heterocycles. The molecule has 0 aromatic heterocycles. The van der Waals surface area contributed by atoms with E-state index in [0.717, 1.165) is 24.1 Å². The van der Waals surface area contributed by atoms with Crippen LogP contribution in [0.4, 0.5) is 10.5 Å². The van der Waals surface area contributed by atoms with Crippen LogP contribution in [-0.4, -0.2) is 12.6 Å². The highest BCUT2D eigenvalue weighted by atomic mass is 16.2. The van der Waals surface area contributed by atoms with Gasteiger partial charge in [0.15, 0.2) is 0 Å². The van der Waals surface area contributed by atoms with Crippen molar-refractivity contribution in [3.63, 3.8) is 0 Å². The monoisotopic (exact) mass is 283 g/mol. The first-order chi connectivity index (χ1) is 10.3. The third-order valence-electron chi connectivity index (χ3n) is 3.19. The molecule has 0 bridgehead atoms. The van der Waals surface area contributed by atoms with E-state index in [1.165, 1.54) is 5.56 Å². The number of amides is 2. The lowest BCUT2D eigenvalue weighted by Crippen LogP contribution is -2.29. The number of hydrogen-bond acceptors (Lipinski definition) is 2. The Morgan fingerprint density at radius 2 is 1.76 bits per heavy atom. The van der Waals surface area contributed by atoms with E-state index in [4.69, 9.17) is 5.73 Å². The zero-order valence-electron chi connectivity index (χ0n) is 12.0. The number of aryl methyl sites for hydroxylation is 1. The van der Waals surface area contributed by atoms with Crippen LogP contribution in [0.3, 0.4) is 0 Å². The summed E-state index contributed by atoms with van der Waals surface area (Å²) in [4.78, 5) is 11.8. The molecule has 0 radical (unpaired) electrons. The van der Waals surface area contributed by atoms with Gasteiger partial charge in [-0.3, -0.25) is 0 Å². The number of urea groups is 1. The highest BCUT2D eigenvalue weighted by Crippen LogP contribution is 2.09. The first kappa shape index (κ1) is 15.1. The average Bonchev–Trinajstić information content (AvgIpc) is 2.53. The molecule has 0 heterocycles. The lowest BCUT2D eigenvalue weighted by molar-refractivity contribution is 0.252. The van der Waals surface area contributed by atoms with Crippen molar-refractivity contribution in [1.82, 2.24) is 5.32 Å². The fourth-order valence-corrected chi connectivity index (χ4v) is 2.09. The van der Waals surface area contributed by atoms with Gasteiger partial charge in [-0.1, -0.05) is 42.5 Å². The summed E-state index contributed by atoms with van der Waals surface area (Å²) < 4.78 is 0. The van der Waals surface area contributed by atoms with Gasteiger partial charge >= 0.3 is 6.03 Å². The van der Waals surface area contributed by atoms with Gasteiger partial charge in [0.2, 0.25) is 0 Å². The second-order valence-electron chi connectivity index (χ2n) is 4.87. The summed E-state index contributed by atoms with van der Waals surface area (Å²) in [6.45, 7) is 1.12. The Balaban J connectivity index is 1.70. The van der Waals surface area contributed by atoms with Crippen LogP contribution in [-0.2, 0) is 13.0 Å². The third kappa shape index (κ3) is 5.28. The highest BCUT2D eigenvalue weighted by Gasteiger charge is 2.01. The molecule has 4 heteroatoms.